The van der Waals surface area contributed by atoms with Crippen LogP contribution in [0.15, 0.2) is 88.0 Å². The third-order valence-corrected chi connectivity index (χ3v) is 5.04. The van der Waals surface area contributed by atoms with E-state index in [4.69, 9.17) is 5.11 Å². The molecule has 0 spiro atoms. The summed E-state index contributed by atoms with van der Waals surface area (Å²) in [7, 11) is 0. The van der Waals surface area contributed by atoms with Gasteiger partial charge < -0.3 is 5.11 Å². The average molecular weight is 465 g/mol. The van der Waals surface area contributed by atoms with Crippen molar-refractivity contribution in [2.24, 2.45) is 4.99 Å². The number of nitrogens with zero attached hydrogens (tertiary/aromatic N) is 2. The minimum atomic E-state index is -1.02. The van der Waals surface area contributed by atoms with E-state index in [1.54, 1.807) is 18.2 Å². The van der Waals surface area contributed by atoms with Gasteiger partial charge in [0, 0.05) is 10.0 Å². The Kier molecular flexibility index (Phi) is 5.29. The van der Waals surface area contributed by atoms with Crippen molar-refractivity contribution in [3.05, 3.63) is 105 Å². The Morgan fingerprint density at radius 3 is 2.20 bits per heavy atom. The standard InChI is InChI=1S/C23H14BrFN2O3/c24-17-7-5-15(6-8-17)21-26-20(13-14-1-3-16(4-2-14)23(29)30)22(28)27(21)19-11-9-18(25)10-12-19/h1-13H,(H,29,30)/b20-13+. The molecular formula is C23H14BrFN2O3. The number of carboxylic acids is 1. The molecule has 5 nitrogen and oxygen atoms in total. The van der Waals surface area contributed by atoms with Gasteiger partial charge in [-0.3, -0.25) is 9.69 Å². The molecule has 0 radical (unpaired) electrons. The third kappa shape index (κ3) is 3.92. The Bertz CT molecular complexity index is 1180. The van der Waals surface area contributed by atoms with Gasteiger partial charge in [-0.25, -0.2) is 14.2 Å². The maximum absolute atomic E-state index is 13.4. The molecule has 1 aliphatic rings. The average Bonchev–Trinajstić information content (AvgIpc) is 3.06. The monoisotopic (exact) mass is 464 g/mol. The van der Waals surface area contributed by atoms with Crippen molar-refractivity contribution >= 4 is 45.4 Å². The van der Waals surface area contributed by atoms with Gasteiger partial charge in [-0.15, -0.1) is 0 Å². The van der Waals surface area contributed by atoms with E-state index in [0.717, 1.165) is 10.0 Å². The van der Waals surface area contributed by atoms with Gasteiger partial charge in [0.2, 0.25) is 0 Å². The van der Waals surface area contributed by atoms with E-state index in [-0.39, 0.29) is 17.2 Å². The summed E-state index contributed by atoms with van der Waals surface area (Å²) in [4.78, 5) is 30.2. The minimum Gasteiger partial charge on any atom is -0.478 e. The van der Waals surface area contributed by atoms with Crippen molar-refractivity contribution in [2.45, 2.75) is 0 Å². The molecule has 3 aromatic carbocycles. The van der Waals surface area contributed by atoms with Gasteiger partial charge >= 0.3 is 5.97 Å². The van der Waals surface area contributed by atoms with Gasteiger partial charge in [-0.05, 0) is 60.2 Å². The molecule has 1 amide bonds. The van der Waals surface area contributed by atoms with Crippen LogP contribution < -0.4 is 4.90 Å². The largest absolute Gasteiger partial charge is 0.478 e. The normalized spacial score (nSPS) is 14.9. The van der Waals surface area contributed by atoms with E-state index in [9.17, 15) is 14.0 Å². The molecule has 30 heavy (non-hydrogen) atoms. The number of amides is 1. The van der Waals surface area contributed by atoms with Crippen LogP contribution >= 0.6 is 15.9 Å². The Labute approximate surface area is 179 Å². The van der Waals surface area contributed by atoms with Gasteiger partial charge in [-0.1, -0.05) is 40.2 Å². The number of amidine groups is 1. The quantitative estimate of drug-likeness (QED) is 0.544. The summed E-state index contributed by atoms with van der Waals surface area (Å²) in [5.74, 6) is -1.36. The SMILES string of the molecule is O=C(O)c1ccc(/C=C2/N=C(c3ccc(Br)cc3)N(c3ccc(F)cc3)C2=O)cc1. The van der Waals surface area contributed by atoms with Crippen molar-refractivity contribution in [2.75, 3.05) is 4.90 Å². The van der Waals surface area contributed by atoms with Crippen molar-refractivity contribution in [1.82, 2.24) is 0 Å². The van der Waals surface area contributed by atoms with Crippen molar-refractivity contribution in [3.63, 3.8) is 0 Å². The zero-order chi connectivity index (χ0) is 21.3. The number of carbonyl (C=O) groups is 2. The third-order valence-electron chi connectivity index (χ3n) is 4.51. The number of rotatable bonds is 4. The highest BCUT2D eigenvalue weighted by Crippen LogP contribution is 2.28. The molecule has 148 valence electrons. The highest BCUT2D eigenvalue weighted by atomic mass is 79.9. The molecule has 0 aromatic heterocycles. The molecule has 1 aliphatic heterocycles. The van der Waals surface area contributed by atoms with Crippen LogP contribution in [0.25, 0.3) is 6.08 Å². The summed E-state index contributed by atoms with van der Waals surface area (Å²) in [5.41, 5.74) is 2.21. The van der Waals surface area contributed by atoms with Crippen LogP contribution in [0.1, 0.15) is 21.5 Å². The zero-order valence-corrected chi connectivity index (χ0v) is 17.0. The lowest BCUT2D eigenvalue weighted by atomic mass is 10.1. The summed E-state index contributed by atoms with van der Waals surface area (Å²) < 4.78 is 14.3. The van der Waals surface area contributed by atoms with Crippen LogP contribution in [0.5, 0.6) is 0 Å². The highest BCUT2D eigenvalue weighted by molar-refractivity contribution is 9.10. The van der Waals surface area contributed by atoms with Crippen LogP contribution in [0, 0.1) is 5.82 Å². The molecule has 0 fully saturated rings. The fraction of sp³-hybridized carbons (Fsp3) is 0. The lowest BCUT2D eigenvalue weighted by Gasteiger charge is -2.18. The van der Waals surface area contributed by atoms with Gasteiger partial charge in [-0.2, -0.15) is 0 Å². The van der Waals surface area contributed by atoms with Crippen molar-refractivity contribution in [1.29, 1.82) is 0 Å². The minimum absolute atomic E-state index is 0.155. The molecule has 0 atom stereocenters. The maximum atomic E-state index is 13.4. The zero-order valence-electron chi connectivity index (χ0n) is 15.4. The lowest BCUT2D eigenvalue weighted by molar-refractivity contribution is -0.113. The summed E-state index contributed by atoms with van der Waals surface area (Å²) in [5, 5.41) is 9.03. The van der Waals surface area contributed by atoms with Crippen LogP contribution in [0.3, 0.4) is 0 Å². The number of carbonyl (C=O) groups excluding carboxylic acids is 1. The molecule has 1 heterocycles. The fourth-order valence-corrected chi connectivity index (χ4v) is 3.28. The Balaban J connectivity index is 1.78. The molecule has 0 bridgehead atoms. The molecule has 7 heteroatoms. The molecular weight excluding hydrogens is 451 g/mol. The first kappa shape index (κ1) is 19.7. The number of benzene rings is 3. The highest BCUT2D eigenvalue weighted by Gasteiger charge is 2.32. The van der Waals surface area contributed by atoms with Crippen LogP contribution in [-0.4, -0.2) is 22.8 Å². The second kappa shape index (κ2) is 8.04. The molecule has 0 unspecified atom stereocenters. The lowest BCUT2D eigenvalue weighted by Crippen LogP contribution is -2.32. The van der Waals surface area contributed by atoms with Gasteiger partial charge in [0.05, 0.1) is 11.3 Å². The smallest absolute Gasteiger partial charge is 0.335 e. The molecule has 3 aromatic rings. The van der Waals surface area contributed by atoms with E-state index in [0.29, 0.717) is 17.1 Å². The molecule has 4 rings (SSSR count). The predicted octanol–water partition coefficient (Wildman–Crippen LogP) is 5.12. The van der Waals surface area contributed by atoms with Crippen molar-refractivity contribution in [3.8, 4) is 0 Å². The molecule has 0 saturated heterocycles. The van der Waals surface area contributed by atoms with Crippen LogP contribution in [-0.2, 0) is 4.79 Å². The summed E-state index contributed by atoms with van der Waals surface area (Å²) in [6.07, 6.45) is 1.59. The molecule has 0 aliphatic carbocycles. The Hall–Kier alpha value is -3.58. The van der Waals surface area contributed by atoms with Gasteiger partial charge in [0.1, 0.15) is 17.3 Å². The number of anilines is 1. The topological polar surface area (TPSA) is 70.0 Å². The van der Waals surface area contributed by atoms with E-state index in [2.05, 4.69) is 20.9 Å². The number of aromatic carboxylic acids is 1. The second-order valence-corrected chi connectivity index (χ2v) is 7.43. The van der Waals surface area contributed by atoms with E-state index in [1.807, 2.05) is 24.3 Å². The summed E-state index contributed by atoms with van der Waals surface area (Å²) in [6, 6.07) is 19.1. The van der Waals surface area contributed by atoms with Gasteiger partial charge in [0.15, 0.2) is 0 Å². The number of hydrogen-bond donors (Lipinski definition) is 1. The molecule has 0 saturated carbocycles. The van der Waals surface area contributed by atoms with E-state index in [1.165, 1.54) is 41.3 Å². The van der Waals surface area contributed by atoms with Crippen LogP contribution in [0.2, 0.25) is 0 Å². The number of aliphatic imine (C=N–C) groups is 1. The Morgan fingerprint density at radius 1 is 0.967 bits per heavy atom. The van der Waals surface area contributed by atoms with Crippen molar-refractivity contribution < 1.29 is 19.1 Å². The molecule has 1 N–H and O–H groups in total. The summed E-state index contributed by atoms with van der Waals surface area (Å²) in [6.45, 7) is 0. The Morgan fingerprint density at radius 2 is 1.60 bits per heavy atom. The first-order valence-corrected chi connectivity index (χ1v) is 9.71. The second-order valence-electron chi connectivity index (χ2n) is 6.52. The first-order chi connectivity index (χ1) is 14.4. The number of hydrogen-bond acceptors (Lipinski definition) is 3. The van der Waals surface area contributed by atoms with E-state index >= 15 is 0 Å². The predicted molar refractivity (Wildman–Crippen MR) is 116 cm³/mol. The van der Waals surface area contributed by atoms with Gasteiger partial charge in [0.25, 0.3) is 5.91 Å². The maximum Gasteiger partial charge on any atom is 0.335 e. The fourth-order valence-electron chi connectivity index (χ4n) is 3.02. The first-order valence-electron chi connectivity index (χ1n) is 8.92. The summed E-state index contributed by atoms with van der Waals surface area (Å²) >= 11 is 3.39. The number of halogens is 2. The van der Waals surface area contributed by atoms with Crippen LogP contribution in [0.4, 0.5) is 10.1 Å². The number of carboxylic acid groups (broad SMARTS) is 1. The van der Waals surface area contributed by atoms with E-state index < -0.39 is 11.8 Å².